The SMILES string of the molecule is Cc1ccc(NC(=O)CSc2ccccc2C(=O)NC23CC4CC(CC(C4)C2)C3)cc1. The third-order valence-electron chi connectivity index (χ3n) is 7.24. The molecule has 2 N–H and O–H groups in total. The topological polar surface area (TPSA) is 58.2 Å². The lowest BCUT2D eigenvalue weighted by atomic mass is 9.53. The first-order valence-corrected chi connectivity index (χ1v) is 12.4. The number of anilines is 1. The first-order valence-electron chi connectivity index (χ1n) is 11.4. The molecule has 0 unspecified atom stereocenters. The number of thioether (sulfide) groups is 1. The van der Waals surface area contributed by atoms with Gasteiger partial charge in [0.15, 0.2) is 0 Å². The molecule has 0 aliphatic heterocycles. The van der Waals surface area contributed by atoms with Crippen LogP contribution in [0.4, 0.5) is 5.69 Å². The van der Waals surface area contributed by atoms with Crippen LogP contribution in [0.1, 0.15) is 54.4 Å². The predicted octanol–water partition coefficient (Wildman–Crippen LogP) is 5.42. The molecule has 0 saturated heterocycles. The van der Waals surface area contributed by atoms with Crippen molar-refractivity contribution in [2.75, 3.05) is 11.1 Å². The first kappa shape index (κ1) is 20.6. The molecule has 0 radical (unpaired) electrons. The first-order chi connectivity index (χ1) is 15.0. The zero-order valence-electron chi connectivity index (χ0n) is 18.0. The van der Waals surface area contributed by atoms with Crippen molar-refractivity contribution in [2.45, 2.75) is 55.9 Å². The fourth-order valence-corrected chi connectivity index (χ4v) is 7.18. The summed E-state index contributed by atoms with van der Waals surface area (Å²) in [6.45, 7) is 2.02. The van der Waals surface area contributed by atoms with E-state index >= 15 is 0 Å². The fourth-order valence-electron chi connectivity index (χ4n) is 6.33. The summed E-state index contributed by atoms with van der Waals surface area (Å²) in [6, 6.07) is 15.4. The zero-order chi connectivity index (χ0) is 21.4. The molecule has 4 aliphatic carbocycles. The summed E-state index contributed by atoms with van der Waals surface area (Å²) < 4.78 is 0. The minimum Gasteiger partial charge on any atom is -0.347 e. The number of benzene rings is 2. The largest absolute Gasteiger partial charge is 0.347 e. The second-order valence-corrected chi connectivity index (χ2v) is 10.9. The number of rotatable bonds is 6. The van der Waals surface area contributed by atoms with Crippen molar-refractivity contribution < 1.29 is 9.59 Å². The van der Waals surface area contributed by atoms with Gasteiger partial charge in [-0.1, -0.05) is 29.8 Å². The van der Waals surface area contributed by atoms with E-state index in [0.717, 1.165) is 53.2 Å². The molecule has 0 spiro atoms. The molecule has 31 heavy (non-hydrogen) atoms. The molecule has 2 aromatic rings. The Bertz CT molecular complexity index is 950. The van der Waals surface area contributed by atoms with E-state index in [-0.39, 0.29) is 23.1 Å². The van der Waals surface area contributed by atoms with Crippen molar-refractivity contribution in [3.05, 3.63) is 59.7 Å². The van der Waals surface area contributed by atoms with Gasteiger partial charge in [-0.05, 0) is 87.5 Å². The molecule has 4 fully saturated rings. The van der Waals surface area contributed by atoms with Crippen LogP contribution in [0.3, 0.4) is 0 Å². The predicted molar refractivity (Wildman–Crippen MR) is 125 cm³/mol. The van der Waals surface area contributed by atoms with Gasteiger partial charge in [0.2, 0.25) is 5.91 Å². The van der Waals surface area contributed by atoms with Gasteiger partial charge in [0, 0.05) is 16.1 Å². The number of nitrogens with one attached hydrogen (secondary N) is 2. The van der Waals surface area contributed by atoms with Crippen molar-refractivity contribution in [1.29, 1.82) is 0 Å². The monoisotopic (exact) mass is 434 g/mol. The van der Waals surface area contributed by atoms with E-state index in [2.05, 4.69) is 10.6 Å². The van der Waals surface area contributed by atoms with Crippen LogP contribution < -0.4 is 10.6 Å². The number of carbonyl (C=O) groups is 2. The van der Waals surface area contributed by atoms with Crippen molar-refractivity contribution in [3.63, 3.8) is 0 Å². The minimum absolute atomic E-state index is 0.00751. The van der Waals surface area contributed by atoms with Gasteiger partial charge in [0.1, 0.15) is 0 Å². The summed E-state index contributed by atoms with van der Waals surface area (Å²) in [5, 5.41) is 6.39. The number of amides is 2. The van der Waals surface area contributed by atoms with Gasteiger partial charge in [0.25, 0.3) is 5.91 Å². The van der Waals surface area contributed by atoms with Crippen molar-refractivity contribution >= 4 is 29.3 Å². The van der Waals surface area contributed by atoms with Crippen molar-refractivity contribution in [1.82, 2.24) is 5.32 Å². The van der Waals surface area contributed by atoms with Crippen LogP contribution in [-0.4, -0.2) is 23.1 Å². The number of carbonyl (C=O) groups excluding carboxylic acids is 2. The highest BCUT2D eigenvalue weighted by Gasteiger charge is 2.51. The van der Waals surface area contributed by atoms with Gasteiger partial charge in [-0.15, -0.1) is 11.8 Å². The third-order valence-corrected chi connectivity index (χ3v) is 8.32. The summed E-state index contributed by atoms with van der Waals surface area (Å²) in [7, 11) is 0. The lowest BCUT2D eigenvalue weighted by molar-refractivity contribution is -0.113. The van der Waals surface area contributed by atoms with Crippen LogP contribution in [0.5, 0.6) is 0 Å². The van der Waals surface area contributed by atoms with Crippen LogP contribution in [0.15, 0.2) is 53.4 Å². The van der Waals surface area contributed by atoms with Gasteiger partial charge in [-0.25, -0.2) is 0 Å². The van der Waals surface area contributed by atoms with Crippen molar-refractivity contribution in [2.24, 2.45) is 17.8 Å². The van der Waals surface area contributed by atoms with E-state index in [1.807, 2.05) is 55.5 Å². The van der Waals surface area contributed by atoms with Gasteiger partial charge >= 0.3 is 0 Å². The molecule has 4 nitrogen and oxygen atoms in total. The maximum Gasteiger partial charge on any atom is 0.252 e. The van der Waals surface area contributed by atoms with Gasteiger partial charge in [-0.2, -0.15) is 0 Å². The molecule has 4 aliphatic rings. The van der Waals surface area contributed by atoms with E-state index in [1.54, 1.807) is 0 Å². The van der Waals surface area contributed by atoms with Gasteiger partial charge in [-0.3, -0.25) is 9.59 Å². The molecule has 2 amide bonds. The molecule has 4 bridgehead atoms. The van der Waals surface area contributed by atoms with Gasteiger partial charge < -0.3 is 10.6 Å². The Morgan fingerprint density at radius 1 is 0.935 bits per heavy atom. The maximum absolute atomic E-state index is 13.3. The molecule has 0 aromatic heterocycles. The summed E-state index contributed by atoms with van der Waals surface area (Å²) in [5.74, 6) is 2.61. The molecule has 0 atom stereocenters. The van der Waals surface area contributed by atoms with Crippen LogP contribution >= 0.6 is 11.8 Å². The molecule has 2 aromatic carbocycles. The molecular formula is C26H30N2O2S. The molecule has 5 heteroatoms. The molecule has 0 heterocycles. The Kier molecular flexibility index (Phi) is 5.55. The average Bonchev–Trinajstić information content (AvgIpc) is 2.73. The quantitative estimate of drug-likeness (QED) is 0.597. The number of hydrogen-bond donors (Lipinski definition) is 2. The Balaban J connectivity index is 1.23. The smallest absolute Gasteiger partial charge is 0.252 e. The fraction of sp³-hybridized carbons (Fsp3) is 0.462. The van der Waals surface area contributed by atoms with Crippen molar-refractivity contribution in [3.8, 4) is 0 Å². The maximum atomic E-state index is 13.3. The summed E-state index contributed by atoms with van der Waals surface area (Å²) in [6.07, 6.45) is 7.49. The van der Waals surface area contributed by atoms with Crippen LogP contribution in [-0.2, 0) is 4.79 Å². The molecule has 162 valence electrons. The number of hydrogen-bond acceptors (Lipinski definition) is 3. The Morgan fingerprint density at radius 2 is 1.55 bits per heavy atom. The second kappa shape index (κ2) is 8.34. The highest BCUT2D eigenvalue weighted by molar-refractivity contribution is 8.00. The lowest BCUT2D eigenvalue weighted by Gasteiger charge is -2.56. The zero-order valence-corrected chi connectivity index (χ0v) is 18.8. The van der Waals surface area contributed by atoms with Crippen LogP contribution in [0.25, 0.3) is 0 Å². The second-order valence-electron chi connectivity index (χ2n) is 9.85. The molecule has 6 rings (SSSR count). The van der Waals surface area contributed by atoms with E-state index in [9.17, 15) is 9.59 Å². The molecular weight excluding hydrogens is 404 g/mol. The third kappa shape index (κ3) is 4.52. The minimum atomic E-state index is -0.0647. The highest BCUT2D eigenvalue weighted by Crippen LogP contribution is 2.55. The Hall–Kier alpha value is -2.27. The van der Waals surface area contributed by atoms with E-state index in [4.69, 9.17) is 0 Å². The van der Waals surface area contributed by atoms with Crippen LogP contribution in [0.2, 0.25) is 0 Å². The Morgan fingerprint density at radius 3 is 2.19 bits per heavy atom. The number of aryl methyl sites for hydroxylation is 1. The molecule has 4 saturated carbocycles. The lowest BCUT2D eigenvalue weighted by Crippen LogP contribution is -2.59. The highest BCUT2D eigenvalue weighted by atomic mass is 32.2. The summed E-state index contributed by atoms with van der Waals surface area (Å²) in [5.41, 5.74) is 2.63. The standard InChI is InChI=1S/C26H30N2O2S/c1-17-6-8-21(9-7-17)27-24(29)16-31-23-5-3-2-4-22(23)25(30)28-26-13-18-10-19(14-26)12-20(11-18)15-26/h2-9,18-20H,10-16H2,1H3,(H,27,29)(H,28,30). The van der Waals surface area contributed by atoms with Gasteiger partial charge in [0.05, 0.1) is 11.3 Å². The summed E-state index contributed by atoms with van der Waals surface area (Å²) >= 11 is 1.43. The average molecular weight is 435 g/mol. The van der Waals surface area contributed by atoms with E-state index in [1.165, 1.54) is 31.0 Å². The van der Waals surface area contributed by atoms with E-state index in [0.29, 0.717) is 5.56 Å². The summed E-state index contributed by atoms with van der Waals surface area (Å²) in [4.78, 5) is 26.6. The van der Waals surface area contributed by atoms with Crippen LogP contribution in [0, 0.1) is 24.7 Å². The normalized spacial score (nSPS) is 28.4. The van der Waals surface area contributed by atoms with E-state index < -0.39 is 0 Å². The Labute approximate surface area is 188 Å².